The lowest BCUT2D eigenvalue weighted by molar-refractivity contribution is 0.0731. The Morgan fingerprint density at radius 1 is 1.19 bits per heavy atom. The molecule has 1 aromatic heterocycles. The fourth-order valence-electron chi connectivity index (χ4n) is 3.25. The standard InChI is InChI=1S/C22H21ClN2O4S2/c1-29-21-10-7-16(23)13-20(21)24-31(27,28)19-6-2-4-15(12-19)22(26)25(17-8-9-17)14-18-5-3-11-30-18/h2-7,10-13,17,24H,8-9,14H2,1H3. The number of amides is 1. The highest BCUT2D eigenvalue weighted by molar-refractivity contribution is 7.92. The smallest absolute Gasteiger partial charge is 0.262 e. The summed E-state index contributed by atoms with van der Waals surface area (Å²) in [5.41, 5.74) is 0.563. The van der Waals surface area contributed by atoms with E-state index in [4.69, 9.17) is 16.3 Å². The molecule has 1 heterocycles. The summed E-state index contributed by atoms with van der Waals surface area (Å²) in [5.74, 6) is 0.171. The van der Waals surface area contributed by atoms with Crippen LogP contribution in [-0.4, -0.2) is 32.4 Å². The van der Waals surface area contributed by atoms with Crippen LogP contribution in [0.4, 0.5) is 5.69 Å². The Morgan fingerprint density at radius 2 is 2.00 bits per heavy atom. The maximum absolute atomic E-state index is 13.2. The predicted octanol–water partition coefficient (Wildman–Crippen LogP) is 5.02. The minimum absolute atomic E-state index is 0.00718. The van der Waals surface area contributed by atoms with Gasteiger partial charge in [-0.15, -0.1) is 11.3 Å². The number of rotatable bonds is 8. The Hall–Kier alpha value is -2.55. The third-order valence-corrected chi connectivity index (χ3v) is 7.41. The number of nitrogens with zero attached hydrogens (tertiary/aromatic N) is 1. The molecule has 1 aliphatic rings. The van der Waals surface area contributed by atoms with E-state index in [1.807, 2.05) is 22.4 Å². The van der Waals surface area contributed by atoms with Crippen LogP contribution in [0, 0.1) is 0 Å². The number of anilines is 1. The van der Waals surface area contributed by atoms with Crippen molar-refractivity contribution in [1.82, 2.24) is 4.90 Å². The van der Waals surface area contributed by atoms with Crippen LogP contribution < -0.4 is 9.46 Å². The molecule has 1 saturated carbocycles. The summed E-state index contributed by atoms with van der Waals surface area (Å²) < 4.78 is 33.7. The van der Waals surface area contributed by atoms with Crippen LogP contribution in [0.15, 0.2) is 64.9 Å². The number of carbonyl (C=O) groups is 1. The molecule has 9 heteroatoms. The van der Waals surface area contributed by atoms with Gasteiger partial charge in [-0.2, -0.15) is 0 Å². The summed E-state index contributed by atoms with van der Waals surface area (Å²) >= 11 is 7.60. The van der Waals surface area contributed by atoms with Crippen LogP contribution in [0.5, 0.6) is 5.75 Å². The molecule has 0 aliphatic heterocycles. The van der Waals surface area contributed by atoms with Crippen molar-refractivity contribution < 1.29 is 17.9 Å². The van der Waals surface area contributed by atoms with Crippen molar-refractivity contribution in [2.75, 3.05) is 11.8 Å². The number of carbonyl (C=O) groups excluding carboxylic acids is 1. The SMILES string of the molecule is COc1ccc(Cl)cc1NS(=O)(=O)c1cccc(C(=O)N(Cc2cccs2)C2CC2)c1. The molecule has 3 aromatic rings. The van der Waals surface area contributed by atoms with Gasteiger partial charge in [-0.1, -0.05) is 23.7 Å². The highest BCUT2D eigenvalue weighted by Crippen LogP contribution is 2.32. The molecule has 1 amide bonds. The van der Waals surface area contributed by atoms with Crippen LogP contribution in [0.2, 0.25) is 5.02 Å². The number of halogens is 1. The molecule has 1 aliphatic carbocycles. The fourth-order valence-corrected chi connectivity index (χ4v) is 5.23. The van der Waals surface area contributed by atoms with E-state index in [-0.39, 0.29) is 22.5 Å². The van der Waals surface area contributed by atoms with Gasteiger partial charge in [-0.05, 0) is 60.7 Å². The largest absolute Gasteiger partial charge is 0.495 e. The van der Waals surface area contributed by atoms with Crippen molar-refractivity contribution in [1.29, 1.82) is 0 Å². The minimum atomic E-state index is -3.96. The zero-order valence-electron chi connectivity index (χ0n) is 16.7. The Balaban J connectivity index is 1.60. The molecule has 4 rings (SSSR count). The van der Waals surface area contributed by atoms with E-state index < -0.39 is 10.0 Å². The number of ether oxygens (including phenoxy) is 1. The van der Waals surface area contributed by atoms with Gasteiger partial charge in [0, 0.05) is 21.5 Å². The van der Waals surface area contributed by atoms with Crippen LogP contribution >= 0.6 is 22.9 Å². The average molecular weight is 477 g/mol. The normalized spacial score (nSPS) is 13.6. The lowest BCUT2D eigenvalue weighted by Gasteiger charge is -2.22. The Labute approximate surface area is 190 Å². The molecule has 0 bridgehead atoms. The van der Waals surface area contributed by atoms with E-state index in [1.165, 1.54) is 25.3 Å². The van der Waals surface area contributed by atoms with Crippen molar-refractivity contribution >= 4 is 44.6 Å². The van der Waals surface area contributed by atoms with Crippen LogP contribution in [0.25, 0.3) is 0 Å². The molecule has 2 aromatic carbocycles. The van der Waals surface area contributed by atoms with Crippen LogP contribution in [-0.2, 0) is 16.6 Å². The average Bonchev–Trinajstić information content (AvgIpc) is 3.47. The van der Waals surface area contributed by atoms with Crippen molar-refractivity contribution in [2.24, 2.45) is 0 Å². The summed E-state index contributed by atoms with van der Waals surface area (Å²) in [7, 11) is -2.51. The van der Waals surface area contributed by atoms with Gasteiger partial charge in [0.1, 0.15) is 5.75 Å². The number of sulfonamides is 1. The number of methoxy groups -OCH3 is 1. The number of thiophene rings is 1. The van der Waals surface area contributed by atoms with E-state index in [0.29, 0.717) is 22.9 Å². The van der Waals surface area contributed by atoms with Crippen LogP contribution in [0.3, 0.4) is 0 Å². The van der Waals surface area contributed by atoms with Crippen molar-refractivity contribution in [3.05, 3.63) is 75.4 Å². The van der Waals surface area contributed by atoms with E-state index in [9.17, 15) is 13.2 Å². The van der Waals surface area contributed by atoms with Gasteiger partial charge >= 0.3 is 0 Å². The number of benzene rings is 2. The number of hydrogen-bond donors (Lipinski definition) is 1. The van der Waals surface area contributed by atoms with Crippen molar-refractivity contribution in [3.8, 4) is 5.75 Å². The van der Waals surface area contributed by atoms with Crippen molar-refractivity contribution in [2.45, 2.75) is 30.3 Å². The highest BCUT2D eigenvalue weighted by atomic mass is 35.5. The number of nitrogens with one attached hydrogen (secondary N) is 1. The zero-order valence-corrected chi connectivity index (χ0v) is 19.1. The molecule has 0 unspecified atom stereocenters. The molecule has 31 heavy (non-hydrogen) atoms. The number of hydrogen-bond acceptors (Lipinski definition) is 5. The summed E-state index contributed by atoms with van der Waals surface area (Å²) in [4.78, 5) is 16.1. The van der Waals surface area contributed by atoms with Gasteiger partial charge in [0.15, 0.2) is 0 Å². The second-order valence-corrected chi connectivity index (χ2v) is 10.4. The lowest BCUT2D eigenvalue weighted by atomic mass is 10.2. The summed E-state index contributed by atoms with van der Waals surface area (Å²) in [6.45, 7) is 0.524. The Bertz CT molecular complexity index is 1190. The van der Waals surface area contributed by atoms with Gasteiger partial charge in [-0.3, -0.25) is 9.52 Å². The molecule has 162 valence electrons. The van der Waals surface area contributed by atoms with Gasteiger partial charge in [0.2, 0.25) is 0 Å². The summed E-state index contributed by atoms with van der Waals surface area (Å²) in [6.07, 6.45) is 1.93. The molecule has 0 atom stereocenters. The Kier molecular flexibility index (Phi) is 6.22. The highest BCUT2D eigenvalue weighted by Gasteiger charge is 2.33. The Morgan fingerprint density at radius 3 is 2.68 bits per heavy atom. The summed E-state index contributed by atoms with van der Waals surface area (Å²) in [5, 5.41) is 2.35. The third-order valence-electron chi connectivity index (χ3n) is 4.95. The fraction of sp³-hybridized carbons (Fsp3) is 0.227. The molecule has 0 radical (unpaired) electrons. The van der Waals surface area contributed by atoms with Gasteiger partial charge in [-0.25, -0.2) is 8.42 Å². The monoisotopic (exact) mass is 476 g/mol. The zero-order chi connectivity index (χ0) is 22.0. The lowest BCUT2D eigenvalue weighted by Crippen LogP contribution is -2.32. The third kappa shape index (κ3) is 5.03. The second kappa shape index (κ2) is 8.90. The van der Waals surface area contributed by atoms with Gasteiger partial charge < -0.3 is 9.64 Å². The maximum atomic E-state index is 13.2. The first-order valence-electron chi connectivity index (χ1n) is 9.67. The van der Waals surface area contributed by atoms with Crippen molar-refractivity contribution in [3.63, 3.8) is 0 Å². The quantitative estimate of drug-likeness (QED) is 0.495. The van der Waals surface area contributed by atoms with E-state index in [2.05, 4.69) is 4.72 Å². The molecular formula is C22H21ClN2O4S2. The van der Waals surface area contributed by atoms with Gasteiger partial charge in [0.25, 0.3) is 15.9 Å². The molecule has 0 saturated heterocycles. The van der Waals surface area contributed by atoms with E-state index in [0.717, 1.165) is 17.7 Å². The van der Waals surface area contributed by atoms with Crippen LogP contribution in [0.1, 0.15) is 28.1 Å². The molecule has 1 N–H and O–H groups in total. The van der Waals surface area contributed by atoms with E-state index >= 15 is 0 Å². The first-order chi connectivity index (χ1) is 14.9. The molecular weight excluding hydrogens is 456 g/mol. The summed E-state index contributed by atoms with van der Waals surface area (Å²) in [6, 6.07) is 14.9. The molecule has 6 nitrogen and oxygen atoms in total. The minimum Gasteiger partial charge on any atom is -0.495 e. The molecule has 0 spiro atoms. The first kappa shape index (κ1) is 21.7. The topological polar surface area (TPSA) is 75.7 Å². The second-order valence-electron chi connectivity index (χ2n) is 7.22. The van der Waals surface area contributed by atoms with E-state index in [1.54, 1.807) is 35.6 Å². The predicted molar refractivity (Wildman–Crippen MR) is 122 cm³/mol. The first-order valence-corrected chi connectivity index (χ1v) is 12.4. The van der Waals surface area contributed by atoms with Gasteiger partial charge in [0.05, 0.1) is 24.2 Å². The molecule has 1 fully saturated rings. The maximum Gasteiger partial charge on any atom is 0.262 e.